The van der Waals surface area contributed by atoms with Crippen molar-refractivity contribution in [3.05, 3.63) is 87.1 Å². The number of amides is 2. The van der Waals surface area contributed by atoms with Gasteiger partial charge in [-0.3, -0.25) is 14.9 Å². The lowest BCUT2D eigenvalue weighted by atomic mass is 10.1. The second-order valence-electron chi connectivity index (χ2n) is 9.06. The normalized spacial score (nSPS) is 12.2. The number of nitrogens with zero attached hydrogens (tertiary/aromatic N) is 2. The van der Waals surface area contributed by atoms with Crippen LogP contribution in [0.3, 0.4) is 0 Å². The molecule has 200 valence electrons. The maximum absolute atomic E-state index is 12.8. The molecule has 0 unspecified atom stereocenters. The SMILES string of the molecule is CC(C)(C)OC(=O)N[C@@H](COCc1ccccc1)C(=O)N/N=C\c1ccc(-c2cc([N+](=O)[O-])ccc2Cl)o1. The monoisotopic (exact) mass is 542 g/mol. The van der Waals surface area contributed by atoms with E-state index in [-0.39, 0.29) is 35.4 Å². The van der Waals surface area contributed by atoms with E-state index >= 15 is 0 Å². The first-order valence-corrected chi connectivity index (χ1v) is 11.9. The van der Waals surface area contributed by atoms with E-state index in [1.165, 1.54) is 24.4 Å². The average Bonchev–Trinajstić information content (AvgIpc) is 3.31. The Morgan fingerprint density at radius 1 is 1.16 bits per heavy atom. The molecule has 0 saturated carbocycles. The third-order valence-electron chi connectivity index (χ3n) is 4.82. The third kappa shape index (κ3) is 8.71. The van der Waals surface area contributed by atoms with E-state index in [2.05, 4.69) is 15.8 Å². The third-order valence-corrected chi connectivity index (χ3v) is 5.15. The summed E-state index contributed by atoms with van der Waals surface area (Å²) in [5, 5.41) is 17.7. The van der Waals surface area contributed by atoms with Crippen molar-refractivity contribution in [3.8, 4) is 11.3 Å². The van der Waals surface area contributed by atoms with Gasteiger partial charge in [-0.15, -0.1) is 0 Å². The van der Waals surface area contributed by atoms with Gasteiger partial charge in [0.1, 0.15) is 23.2 Å². The van der Waals surface area contributed by atoms with Crippen molar-refractivity contribution in [2.24, 2.45) is 5.10 Å². The number of halogens is 1. The number of furan rings is 1. The van der Waals surface area contributed by atoms with Gasteiger partial charge in [-0.1, -0.05) is 41.9 Å². The van der Waals surface area contributed by atoms with Gasteiger partial charge in [0.25, 0.3) is 11.6 Å². The van der Waals surface area contributed by atoms with Crippen LogP contribution in [-0.4, -0.2) is 41.4 Å². The minimum atomic E-state index is -1.10. The predicted octanol–water partition coefficient (Wildman–Crippen LogP) is 5.07. The topological polar surface area (TPSA) is 145 Å². The number of alkyl carbamates (subject to hydrolysis) is 1. The number of ether oxygens (including phenoxy) is 2. The van der Waals surface area contributed by atoms with Crippen molar-refractivity contribution in [2.75, 3.05) is 6.61 Å². The van der Waals surface area contributed by atoms with E-state index < -0.39 is 28.6 Å². The Morgan fingerprint density at radius 2 is 1.89 bits per heavy atom. The van der Waals surface area contributed by atoms with Crippen LogP contribution in [-0.2, 0) is 20.9 Å². The van der Waals surface area contributed by atoms with Crippen molar-refractivity contribution in [1.29, 1.82) is 0 Å². The molecular formula is C26H27ClN4O7. The summed E-state index contributed by atoms with van der Waals surface area (Å²) in [7, 11) is 0. The molecule has 0 aliphatic carbocycles. The molecule has 2 N–H and O–H groups in total. The first-order chi connectivity index (χ1) is 18.0. The number of nitro benzene ring substituents is 1. The Labute approximate surface area is 223 Å². The predicted molar refractivity (Wildman–Crippen MR) is 141 cm³/mol. The van der Waals surface area contributed by atoms with Gasteiger partial charge < -0.3 is 19.2 Å². The summed E-state index contributed by atoms with van der Waals surface area (Å²) in [4.78, 5) is 35.5. The van der Waals surface area contributed by atoms with Crippen molar-refractivity contribution in [1.82, 2.24) is 10.7 Å². The zero-order valence-electron chi connectivity index (χ0n) is 21.0. The van der Waals surface area contributed by atoms with Gasteiger partial charge in [0.05, 0.1) is 29.4 Å². The number of non-ortho nitro benzene ring substituents is 1. The molecule has 0 saturated heterocycles. The molecule has 2 amide bonds. The number of nitro groups is 1. The Morgan fingerprint density at radius 3 is 2.58 bits per heavy atom. The number of rotatable bonds is 10. The smallest absolute Gasteiger partial charge is 0.408 e. The van der Waals surface area contributed by atoms with Crippen molar-refractivity contribution in [2.45, 2.75) is 39.0 Å². The molecule has 3 rings (SSSR count). The number of hydrogen-bond acceptors (Lipinski definition) is 8. The fourth-order valence-electron chi connectivity index (χ4n) is 3.12. The molecule has 38 heavy (non-hydrogen) atoms. The molecule has 3 aromatic rings. The Hall–Kier alpha value is -4.22. The van der Waals surface area contributed by atoms with E-state index in [1.54, 1.807) is 32.9 Å². The lowest BCUT2D eigenvalue weighted by Crippen LogP contribution is -2.49. The maximum Gasteiger partial charge on any atom is 0.408 e. The van der Waals surface area contributed by atoms with Crippen LogP contribution in [0.5, 0.6) is 0 Å². The van der Waals surface area contributed by atoms with Crippen LogP contribution in [0.4, 0.5) is 10.5 Å². The van der Waals surface area contributed by atoms with Crippen LogP contribution < -0.4 is 10.7 Å². The van der Waals surface area contributed by atoms with Crippen molar-refractivity contribution >= 4 is 35.5 Å². The number of carbonyl (C=O) groups excluding carboxylic acids is 2. The van der Waals surface area contributed by atoms with E-state index in [0.717, 1.165) is 5.56 Å². The number of hydrogen-bond donors (Lipinski definition) is 2. The van der Waals surface area contributed by atoms with Crippen LogP contribution in [0.2, 0.25) is 5.02 Å². The summed E-state index contributed by atoms with van der Waals surface area (Å²) in [6.45, 7) is 5.22. The molecule has 0 aliphatic heterocycles. The van der Waals surface area contributed by atoms with Gasteiger partial charge in [-0.25, -0.2) is 10.2 Å². The van der Waals surface area contributed by atoms with Gasteiger partial charge >= 0.3 is 6.09 Å². The van der Waals surface area contributed by atoms with Crippen molar-refractivity contribution < 1.29 is 28.4 Å². The van der Waals surface area contributed by atoms with E-state index in [9.17, 15) is 19.7 Å². The van der Waals surface area contributed by atoms with Crippen LogP contribution in [0.1, 0.15) is 32.1 Å². The maximum atomic E-state index is 12.8. The molecule has 0 radical (unpaired) electrons. The number of carbonyl (C=O) groups is 2. The van der Waals surface area contributed by atoms with Gasteiger partial charge in [0, 0.05) is 17.7 Å². The van der Waals surface area contributed by atoms with Crippen LogP contribution in [0.15, 0.2) is 70.2 Å². The number of benzene rings is 2. The molecule has 1 heterocycles. The first kappa shape index (κ1) is 28.4. The van der Waals surface area contributed by atoms with Gasteiger partial charge in [-0.2, -0.15) is 5.10 Å². The Kier molecular flexibility index (Phi) is 9.58. The first-order valence-electron chi connectivity index (χ1n) is 11.5. The van der Waals surface area contributed by atoms with E-state index in [4.69, 9.17) is 25.5 Å². The highest BCUT2D eigenvalue weighted by molar-refractivity contribution is 6.33. The van der Waals surface area contributed by atoms with Crippen LogP contribution in [0.25, 0.3) is 11.3 Å². The zero-order valence-corrected chi connectivity index (χ0v) is 21.7. The second kappa shape index (κ2) is 12.8. The largest absolute Gasteiger partial charge is 0.455 e. The highest BCUT2D eigenvalue weighted by Gasteiger charge is 2.24. The molecule has 0 spiro atoms. The molecule has 12 heteroatoms. The van der Waals surface area contributed by atoms with Crippen LogP contribution in [0, 0.1) is 10.1 Å². The van der Waals surface area contributed by atoms with Crippen LogP contribution >= 0.6 is 11.6 Å². The summed E-state index contributed by atoms with van der Waals surface area (Å²) in [5.74, 6) is -0.112. The Bertz CT molecular complexity index is 1300. The second-order valence-corrected chi connectivity index (χ2v) is 9.46. The van der Waals surface area contributed by atoms with Crippen molar-refractivity contribution in [3.63, 3.8) is 0 Å². The lowest BCUT2D eigenvalue weighted by molar-refractivity contribution is -0.384. The fourth-order valence-corrected chi connectivity index (χ4v) is 3.33. The average molecular weight is 543 g/mol. The molecule has 2 aromatic carbocycles. The summed E-state index contributed by atoms with van der Waals surface area (Å²) in [6.07, 6.45) is 0.455. The fraction of sp³-hybridized carbons (Fsp3) is 0.269. The number of hydrazone groups is 1. The zero-order chi connectivity index (χ0) is 27.7. The minimum Gasteiger partial charge on any atom is -0.455 e. The lowest BCUT2D eigenvalue weighted by Gasteiger charge is -2.22. The highest BCUT2D eigenvalue weighted by atomic mass is 35.5. The summed E-state index contributed by atoms with van der Waals surface area (Å²) >= 11 is 6.16. The molecular weight excluding hydrogens is 516 g/mol. The highest BCUT2D eigenvalue weighted by Crippen LogP contribution is 2.32. The van der Waals surface area contributed by atoms with E-state index in [1.807, 2.05) is 30.3 Å². The molecule has 1 aromatic heterocycles. The molecule has 11 nitrogen and oxygen atoms in total. The quantitative estimate of drug-likeness (QED) is 0.206. The standard InChI is InChI=1S/C26H27ClN4O7/c1-26(2,3)38-25(33)29-22(16-36-15-17-7-5-4-6-8-17)24(32)30-28-14-19-10-12-23(37-19)20-13-18(31(34)35)9-11-21(20)27/h4-14,22H,15-16H2,1-3H3,(H,29,33)(H,30,32)/b28-14-/t22-/m0/s1. The summed E-state index contributed by atoms with van der Waals surface area (Å²) in [5.41, 5.74) is 2.68. The molecule has 0 bridgehead atoms. The Balaban J connectivity index is 1.64. The molecule has 0 aliphatic rings. The van der Waals surface area contributed by atoms with Gasteiger partial charge in [0.15, 0.2) is 0 Å². The minimum absolute atomic E-state index is 0.133. The van der Waals surface area contributed by atoms with Gasteiger partial charge in [0.2, 0.25) is 0 Å². The summed E-state index contributed by atoms with van der Waals surface area (Å²) < 4.78 is 16.5. The van der Waals surface area contributed by atoms with Gasteiger partial charge in [-0.05, 0) is 44.5 Å². The molecule has 1 atom stereocenters. The molecule has 0 fully saturated rings. The summed E-state index contributed by atoms with van der Waals surface area (Å²) in [6, 6.07) is 15.4. The van der Waals surface area contributed by atoms with E-state index in [0.29, 0.717) is 5.56 Å². The number of nitrogens with one attached hydrogen (secondary N) is 2.